The first-order chi connectivity index (χ1) is 17.4. The lowest BCUT2D eigenvalue weighted by Gasteiger charge is -2.28. The first-order valence-corrected chi connectivity index (χ1v) is 11.5. The number of amides is 3. The summed E-state index contributed by atoms with van der Waals surface area (Å²) in [5.41, 5.74) is 2.89. The van der Waals surface area contributed by atoms with Crippen LogP contribution in [-0.2, 0) is 6.42 Å². The van der Waals surface area contributed by atoms with Crippen LogP contribution >= 0.6 is 0 Å². The van der Waals surface area contributed by atoms with Crippen molar-refractivity contribution in [1.82, 2.24) is 5.32 Å². The van der Waals surface area contributed by atoms with Crippen molar-refractivity contribution < 1.29 is 24.3 Å². The summed E-state index contributed by atoms with van der Waals surface area (Å²) in [6.45, 7) is 2.33. The maximum Gasteiger partial charge on any atom is 0.336 e. The Bertz CT molecular complexity index is 1540. The number of hydrogen-bond donors (Lipinski definition) is 2. The molecule has 0 saturated heterocycles. The van der Waals surface area contributed by atoms with Crippen molar-refractivity contribution in [2.75, 3.05) is 11.4 Å². The third-order valence-corrected chi connectivity index (χ3v) is 6.30. The van der Waals surface area contributed by atoms with Crippen molar-refractivity contribution in [3.05, 3.63) is 112 Å². The van der Waals surface area contributed by atoms with E-state index in [0.717, 1.165) is 16.0 Å². The average molecular weight is 479 g/mol. The van der Waals surface area contributed by atoms with Crippen molar-refractivity contribution in [3.63, 3.8) is 0 Å². The Balaban J connectivity index is 1.56. The highest BCUT2D eigenvalue weighted by Gasteiger charge is 2.36. The van der Waals surface area contributed by atoms with E-state index in [9.17, 15) is 24.3 Å². The Morgan fingerprint density at radius 1 is 0.806 bits per heavy atom. The van der Waals surface area contributed by atoms with Gasteiger partial charge in [0.2, 0.25) is 0 Å². The quantitative estimate of drug-likeness (QED) is 0.394. The van der Waals surface area contributed by atoms with Gasteiger partial charge in [-0.05, 0) is 55.3 Å². The number of hydrogen-bond acceptors (Lipinski definition) is 4. The Kier molecular flexibility index (Phi) is 5.82. The van der Waals surface area contributed by atoms with E-state index in [2.05, 4.69) is 5.32 Å². The molecule has 0 aliphatic carbocycles. The number of para-hydroxylation sites is 1. The molecule has 0 atom stereocenters. The van der Waals surface area contributed by atoms with E-state index >= 15 is 0 Å². The summed E-state index contributed by atoms with van der Waals surface area (Å²) >= 11 is 0. The minimum atomic E-state index is -1.25. The zero-order chi connectivity index (χ0) is 25.4. The average Bonchev–Trinajstić information content (AvgIpc) is 2.87. The molecule has 0 fully saturated rings. The van der Waals surface area contributed by atoms with Gasteiger partial charge in [0.1, 0.15) is 0 Å². The van der Waals surface area contributed by atoms with Gasteiger partial charge >= 0.3 is 5.97 Å². The number of carboxylic acids is 1. The minimum Gasteiger partial charge on any atom is -0.478 e. The third kappa shape index (κ3) is 3.90. The van der Waals surface area contributed by atoms with Gasteiger partial charge < -0.3 is 10.4 Å². The lowest BCUT2D eigenvalue weighted by Crippen LogP contribution is -2.40. The van der Waals surface area contributed by atoms with Crippen molar-refractivity contribution in [1.29, 1.82) is 0 Å². The van der Waals surface area contributed by atoms with E-state index in [1.807, 2.05) is 31.2 Å². The molecule has 7 nitrogen and oxygen atoms in total. The fourth-order valence-corrected chi connectivity index (χ4v) is 4.65. The van der Waals surface area contributed by atoms with Gasteiger partial charge in [0.25, 0.3) is 17.7 Å². The largest absolute Gasteiger partial charge is 0.478 e. The van der Waals surface area contributed by atoms with Crippen LogP contribution in [0, 0.1) is 6.92 Å². The van der Waals surface area contributed by atoms with Gasteiger partial charge in [0.15, 0.2) is 0 Å². The number of nitrogens with zero attached hydrogens (tertiary/aromatic N) is 1. The molecule has 36 heavy (non-hydrogen) atoms. The SMILES string of the molecule is Cc1cccc(CCNC(=O)c2ccc3c4c(ccc(C(=O)O)c24)C(=O)N(c2ccccc2)C3=O)c1. The molecule has 0 spiro atoms. The van der Waals surface area contributed by atoms with Gasteiger partial charge in [-0.2, -0.15) is 0 Å². The van der Waals surface area contributed by atoms with Crippen molar-refractivity contribution in [2.24, 2.45) is 0 Å². The topological polar surface area (TPSA) is 104 Å². The molecule has 1 heterocycles. The molecule has 178 valence electrons. The summed E-state index contributed by atoms with van der Waals surface area (Å²) in [5, 5.41) is 13.0. The first kappa shape index (κ1) is 23.0. The molecule has 0 aromatic heterocycles. The molecule has 1 aliphatic heterocycles. The highest BCUT2D eigenvalue weighted by atomic mass is 16.4. The van der Waals surface area contributed by atoms with Gasteiger partial charge in [-0.25, -0.2) is 9.69 Å². The molecular formula is C29H22N2O5. The molecule has 0 saturated carbocycles. The number of imide groups is 1. The molecule has 3 amide bonds. The summed E-state index contributed by atoms with van der Waals surface area (Å²) in [6.07, 6.45) is 0.601. The predicted molar refractivity (Wildman–Crippen MR) is 136 cm³/mol. The third-order valence-electron chi connectivity index (χ3n) is 6.30. The minimum absolute atomic E-state index is 0.0833. The van der Waals surface area contributed by atoms with Crippen LogP contribution in [0.25, 0.3) is 10.8 Å². The van der Waals surface area contributed by atoms with Gasteiger partial charge in [0, 0.05) is 34.0 Å². The fourth-order valence-electron chi connectivity index (χ4n) is 4.65. The molecule has 2 N–H and O–H groups in total. The smallest absolute Gasteiger partial charge is 0.336 e. The molecular weight excluding hydrogens is 456 g/mol. The van der Waals surface area contributed by atoms with Gasteiger partial charge in [-0.3, -0.25) is 14.4 Å². The van der Waals surface area contributed by atoms with Crippen molar-refractivity contribution in [2.45, 2.75) is 13.3 Å². The highest BCUT2D eigenvalue weighted by Crippen LogP contribution is 2.36. The van der Waals surface area contributed by atoms with Crippen LogP contribution in [0.15, 0.2) is 78.9 Å². The number of rotatable bonds is 6. The second kappa shape index (κ2) is 9.11. The van der Waals surface area contributed by atoms with E-state index in [-0.39, 0.29) is 33.0 Å². The fraction of sp³-hybridized carbons (Fsp3) is 0.103. The van der Waals surface area contributed by atoms with Crippen LogP contribution in [-0.4, -0.2) is 35.3 Å². The monoisotopic (exact) mass is 478 g/mol. The van der Waals surface area contributed by atoms with Crippen LogP contribution in [0.5, 0.6) is 0 Å². The van der Waals surface area contributed by atoms with Crippen LogP contribution in [0.2, 0.25) is 0 Å². The number of nitrogens with one attached hydrogen (secondary N) is 1. The van der Waals surface area contributed by atoms with Crippen LogP contribution in [0.3, 0.4) is 0 Å². The number of aryl methyl sites for hydroxylation is 1. The molecule has 1 aliphatic rings. The normalized spacial score (nSPS) is 12.6. The lowest BCUT2D eigenvalue weighted by molar-refractivity contribution is 0.0697. The Labute approximate surface area is 207 Å². The molecule has 4 aromatic carbocycles. The highest BCUT2D eigenvalue weighted by molar-refractivity contribution is 6.37. The Morgan fingerprint density at radius 2 is 1.47 bits per heavy atom. The Hall–Kier alpha value is -4.78. The molecule has 4 aromatic rings. The number of benzene rings is 4. The summed E-state index contributed by atoms with van der Waals surface area (Å²) in [7, 11) is 0. The number of carbonyl (C=O) groups is 4. The number of carbonyl (C=O) groups excluding carboxylic acids is 3. The first-order valence-electron chi connectivity index (χ1n) is 11.5. The molecule has 0 unspecified atom stereocenters. The maximum absolute atomic E-state index is 13.4. The lowest BCUT2D eigenvalue weighted by atomic mass is 9.88. The zero-order valence-electron chi connectivity index (χ0n) is 19.4. The number of carboxylic acid groups (broad SMARTS) is 1. The summed E-state index contributed by atoms with van der Waals surface area (Å²) in [4.78, 5) is 53.1. The van der Waals surface area contributed by atoms with Crippen molar-refractivity contribution >= 4 is 40.2 Å². The van der Waals surface area contributed by atoms with E-state index in [4.69, 9.17) is 0 Å². The van der Waals surface area contributed by atoms with Crippen LogP contribution < -0.4 is 10.2 Å². The molecule has 7 heteroatoms. The molecule has 5 rings (SSSR count). The van der Waals surface area contributed by atoms with Crippen LogP contribution in [0.1, 0.15) is 52.6 Å². The maximum atomic E-state index is 13.4. The van der Waals surface area contributed by atoms with Gasteiger partial charge in [-0.15, -0.1) is 0 Å². The van der Waals surface area contributed by atoms with Crippen molar-refractivity contribution in [3.8, 4) is 0 Å². The summed E-state index contributed by atoms with van der Waals surface area (Å²) in [6, 6.07) is 22.1. The second-order valence-corrected chi connectivity index (χ2v) is 8.65. The number of aromatic carboxylic acids is 1. The van der Waals surface area contributed by atoms with Gasteiger partial charge in [0.05, 0.1) is 11.3 Å². The standard InChI is InChI=1S/C29H22N2O5/c1-17-6-5-7-18(16-17)14-15-30-26(32)20-10-11-21-25-22(12-13-23(24(20)25)29(35)36)28(34)31(27(21)33)19-8-3-2-4-9-19/h2-13,16H,14-15H2,1H3,(H,30,32)(H,35,36). The van der Waals surface area contributed by atoms with E-state index in [0.29, 0.717) is 18.7 Å². The number of anilines is 1. The van der Waals surface area contributed by atoms with Crippen LogP contribution in [0.4, 0.5) is 5.69 Å². The second-order valence-electron chi connectivity index (χ2n) is 8.65. The van der Waals surface area contributed by atoms with E-state index in [1.54, 1.807) is 30.3 Å². The van der Waals surface area contributed by atoms with E-state index in [1.165, 1.54) is 24.3 Å². The summed E-state index contributed by atoms with van der Waals surface area (Å²) < 4.78 is 0. The molecule has 0 bridgehead atoms. The van der Waals surface area contributed by atoms with Gasteiger partial charge in [-0.1, -0.05) is 48.0 Å². The Morgan fingerprint density at radius 3 is 2.11 bits per heavy atom. The summed E-state index contributed by atoms with van der Waals surface area (Å²) in [5.74, 6) is -2.87. The molecule has 0 radical (unpaired) electrons. The predicted octanol–water partition coefficient (Wildman–Crippen LogP) is 4.62. The van der Waals surface area contributed by atoms with E-state index < -0.39 is 23.7 Å². The zero-order valence-corrected chi connectivity index (χ0v) is 19.4.